The van der Waals surface area contributed by atoms with Crippen molar-refractivity contribution < 1.29 is 14.7 Å². The predicted octanol–water partition coefficient (Wildman–Crippen LogP) is 4.40. The highest BCUT2D eigenvalue weighted by Crippen LogP contribution is 2.68. The zero-order valence-corrected chi connectivity index (χ0v) is 22.1. The topological polar surface area (TPSA) is 97.1 Å². The quantitative estimate of drug-likeness (QED) is 0.624. The minimum absolute atomic E-state index is 0.0504. The number of carbonyl (C=O) groups is 2. The summed E-state index contributed by atoms with van der Waals surface area (Å²) in [4.78, 5) is 27.1. The highest BCUT2D eigenvalue weighted by atomic mass is 16.3. The minimum Gasteiger partial charge on any atom is -0.390 e. The van der Waals surface area contributed by atoms with Crippen LogP contribution >= 0.6 is 0 Å². The molecule has 1 heterocycles. The summed E-state index contributed by atoms with van der Waals surface area (Å²) in [5.74, 6) is 2.70. The third-order valence-corrected chi connectivity index (χ3v) is 10.9. The van der Waals surface area contributed by atoms with Gasteiger partial charge in [-0.3, -0.25) is 9.59 Å². The van der Waals surface area contributed by atoms with Crippen LogP contribution in [0.4, 0.5) is 0 Å². The number of fused-ring (bicyclic) bond motifs is 5. The lowest BCUT2D eigenvalue weighted by atomic mass is 9.44. The maximum Gasteiger partial charge on any atom is 0.273 e. The summed E-state index contributed by atoms with van der Waals surface area (Å²) in [7, 11) is 0. The number of nitrogens with one attached hydrogen (secondary N) is 1. The molecule has 7 heteroatoms. The molecular formula is C28H44N4O3. The van der Waals surface area contributed by atoms with Gasteiger partial charge in [0.1, 0.15) is 6.54 Å². The average molecular weight is 485 g/mol. The number of Topliss-reactive ketones (excluding diaryl/α,β-unsaturated/α-hetero) is 1. The maximum atomic E-state index is 13.5. The molecule has 1 amide bonds. The van der Waals surface area contributed by atoms with Gasteiger partial charge in [-0.25, -0.2) is 0 Å². The monoisotopic (exact) mass is 484 g/mol. The van der Waals surface area contributed by atoms with Gasteiger partial charge in [-0.1, -0.05) is 20.8 Å². The lowest BCUT2D eigenvalue weighted by Gasteiger charge is -2.61. The summed E-state index contributed by atoms with van der Waals surface area (Å²) in [6.45, 7) is 9.68. The van der Waals surface area contributed by atoms with E-state index in [1.165, 1.54) is 30.3 Å². The standard InChI is InChI=1S/C28H44N4O3/c1-5-14-29-25(34)23-16-30-32(31-23)17-24(33)22-9-8-20-19-7-6-18-15-26(2,35)12-13-27(18,3)21(19)10-11-28(20,22)4/h16,18-22,35H,5-15,17H2,1-4H3,(H,29,34)/t18-,19+,20+,21+,22-,26-,27+,28+/m1/s1. The molecule has 7 nitrogen and oxygen atoms in total. The number of aliphatic hydroxyl groups is 1. The van der Waals surface area contributed by atoms with E-state index in [4.69, 9.17) is 0 Å². The Morgan fingerprint density at radius 1 is 1.06 bits per heavy atom. The Balaban J connectivity index is 1.27. The van der Waals surface area contributed by atoms with Crippen LogP contribution in [0.1, 0.15) is 102 Å². The van der Waals surface area contributed by atoms with Gasteiger partial charge in [-0.15, -0.1) is 5.10 Å². The number of ketones is 1. The zero-order chi connectivity index (χ0) is 25.0. The van der Waals surface area contributed by atoms with E-state index in [2.05, 4.69) is 29.4 Å². The van der Waals surface area contributed by atoms with E-state index in [0.717, 1.165) is 50.9 Å². The molecule has 0 bridgehead atoms. The number of hydrogen-bond donors (Lipinski definition) is 2. The average Bonchev–Trinajstić information content (AvgIpc) is 3.42. The summed E-state index contributed by atoms with van der Waals surface area (Å²) in [5, 5.41) is 22.0. The lowest BCUT2D eigenvalue weighted by molar-refractivity contribution is -0.151. The first-order valence-corrected chi connectivity index (χ1v) is 14.0. The van der Waals surface area contributed by atoms with Crippen LogP contribution in [0.15, 0.2) is 6.20 Å². The van der Waals surface area contributed by atoms with Gasteiger partial charge in [0.15, 0.2) is 11.5 Å². The number of aromatic nitrogens is 3. The van der Waals surface area contributed by atoms with E-state index in [1.807, 2.05) is 13.8 Å². The highest BCUT2D eigenvalue weighted by molar-refractivity contribution is 5.91. The molecule has 2 N–H and O–H groups in total. The van der Waals surface area contributed by atoms with E-state index in [0.29, 0.717) is 29.7 Å². The Labute approximate surface area is 209 Å². The van der Waals surface area contributed by atoms with E-state index in [1.54, 1.807) is 0 Å². The smallest absolute Gasteiger partial charge is 0.273 e. The van der Waals surface area contributed by atoms with Crippen LogP contribution in [0.2, 0.25) is 0 Å². The van der Waals surface area contributed by atoms with Crippen LogP contribution in [0.5, 0.6) is 0 Å². The Bertz CT molecular complexity index is 973. The van der Waals surface area contributed by atoms with Crippen molar-refractivity contribution in [3.8, 4) is 0 Å². The molecule has 4 fully saturated rings. The normalized spacial score (nSPS) is 42.6. The molecule has 35 heavy (non-hydrogen) atoms. The van der Waals surface area contributed by atoms with Crippen molar-refractivity contribution in [1.82, 2.24) is 20.3 Å². The van der Waals surface area contributed by atoms with Crippen molar-refractivity contribution >= 4 is 11.7 Å². The summed E-state index contributed by atoms with van der Waals surface area (Å²) < 4.78 is 0. The summed E-state index contributed by atoms with van der Waals surface area (Å²) in [6, 6.07) is 0. The van der Waals surface area contributed by atoms with Crippen LogP contribution in [0.3, 0.4) is 0 Å². The molecular weight excluding hydrogens is 440 g/mol. The second-order valence-corrected chi connectivity index (χ2v) is 13.0. The molecule has 5 rings (SSSR count). The first-order valence-electron chi connectivity index (χ1n) is 14.0. The third-order valence-electron chi connectivity index (χ3n) is 10.9. The maximum absolute atomic E-state index is 13.5. The highest BCUT2D eigenvalue weighted by Gasteiger charge is 2.61. The van der Waals surface area contributed by atoms with Crippen LogP contribution < -0.4 is 5.32 Å². The molecule has 4 aliphatic rings. The minimum atomic E-state index is -0.498. The molecule has 0 radical (unpaired) electrons. The molecule has 0 saturated heterocycles. The number of nitrogens with zero attached hydrogens (tertiary/aromatic N) is 3. The van der Waals surface area contributed by atoms with Crippen molar-refractivity contribution in [1.29, 1.82) is 0 Å². The second-order valence-electron chi connectivity index (χ2n) is 13.0. The fourth-order valence-corrected chi connectivity index (χ4v) is 9.02. The van der Waals surface area contributed by atoms with Gasteiger partial charge in [0.25, 0.3) is 5.91 Å². The number of amides is 1. The Morgan fingerprint density at radius 3 is 2.60 bits per heavy atom. The largest absolute Gasteiger partial charge is 0.390 e. The Kier molecular flexibility index (Phi) is 6.38. The van der Waals surface area contributed by atoms with Gasteiger partial charge in [0, 0.05) is 12.5 Å². The van der Waals surface area contributed by atoms with Gasteiger partial charge in [0.05, 0.1) is 11.8 Å². The second kappa shape index (κ2) is 8.97. The summed E-state index contributed by atoms with van der Waals surface area (Å²) in [6.07, 6.45) is 12.2. The lowest BCUT2D eigenvalue weighted by Crippen LogP contribution is -2.55. The Hall–Kier alpha value is -1.76. The van der Waals surface area contributed by atoms with Crippen LogP contribution in [0.25, 0.3) is 0 Å². The first-order chi connectivity index (χ1) is 16.6. The first kappa shape index (κ1) is 24.9. The number of carbonyl (C=O) groups excluding carboxylic acids is 2. The molecule has 0 aromatic carbocycles. The fourth-order valence-electron chi connectivity index (χ4n) is 9.02. The van der Waals surface area contributed by atoms with Crippen molar-refractivity contribution in [2.45, 2.75) is 104 Å². The predicted molar refractivity (Wildman–Crippen MR) is 133 cm³/mol. The molecule has 4 saturated carbocycles. The van der Waals surface area contributed by atoms with Crippen LogP contribution in [0, 0.1) is 40.4 Å². The van der Waals surface area contributed by atoms with Gasteiger partial charge in [0.2, 0.25) is 0 Å². The zero-order valence-electron chi connectivity index (χ0n) is 22.1. The van der Waals surface area contributed by atoms with E-state index in [-0.39, 0.29) is 35.3 Å². The Morgan fingerprint density at radius 2 is 1.83 bits per heavy atom. The van der Waals surface area contributed by atoms with E-state index < -0.39 is 5.60 Å². The SMILES string of the molecule is CCCNC(=O)c1cnn(CC(=O)[C@H]2CC[C@H]3[C@@H]4CC[C@@H]5C[C@](C)(O)CC[C@]5(C)[C@H]4CC[C@]23C)n1. The molecule has 1 aromatic heterocycles. The van der Waals surface area contributed by atoms with Crippen molar-refractivity contribution in [2.75, 3.05) is 6.54 Å². The van der Waals surface area contributed by atoms with Crippen LogP contribution in [-0.4, -0.2) is 43.9 Å². The van der Waals surface area contributed by atoms with Gasteiger partial charge in [-0.2, -0.15) is 9.90 Å². The molecule has 8 atom stereocenters. The molecule has 0 aliphatic heterocycles. The molecule has 194 valence electrons. The molecule has 4 aliphatic carbocycles. The van der Waals surface area contributed by atoms with Crippen molar-refractivity contribution in [2.24, 2.45) is 40.4 Å². The van der Waals surface area contributed by atoms with Gasteiger partial charge in [-0.05, 0) is 106 Å². The number of hydrogen-bond acceptors (Lipinski definition) is 5. The van der Waals surface area contributed by atoms with Gasteiger partial charge >= 0.3 is 0 Å². The third kappa shape index (κ3) is 4.25. The number of rotatable bonds is 6. The molecule has 1 aromatic rings. The summed E-state index contributed by atoms with van der Waals surface area (Å²) >= 11 is 0. The van der Waals surface area contributed by atoms with Crippen molar-refractivity contribution in [3.63, 3.8) is 0 Å². The van der Waals surface area contributed by atoms with Crippen LogP contribution in [-0.2, 0) is 11.3 Å². The van der Waals surface area contributed by atoms with Crippen molar-refractivity contribution in [3.05, 3.63) is 11.9 Å². The van der Waals surface area contributed by atoms with Gasteiger partial charge < -0.3 is 10.4 Å². The fraction of sp³-hybridized carbons (Fsp3) is 0.857. The van der Waals surface area contributed by atoms with E-state index in [9.17, 15) is 14.7 Å². The molecule has 0 unspecified atom stereocenters. The molecule has 0 spiro atoms. The summed E-state index contributed by atoms with van der Waals surface area (Å²) in [5.41, 5.74) is 0.166. The van der Waals surface area contributed by atoms with E-state index >= 15 is 0 Å².